The molecule has 0 saturated carbocycles. The molecule has 34 heavy (non-hydrogen) atoms. The van der Waals surface area contributed by atoms with Crippen LogP contribution in [0.3, 0.4) is 0 Å². The number of hydrogen-bond acceptors (Lipinski definition) is 4. The third-order valence-corrected chi connectivity index (χ3v) is 5.69. The number of hydrogen-bond donors (Lipinski definition) is 3. The van der Waals surface area contributed by atoms with Crippen molar-refractivity contribution in [3.8, 4) is 11.1 Å². The summed E-state index contributed by atoms with van der Waals surface area (Å²) in [5, 5.41) is 24.8. The second-order valence-corrected chi connectivity index (χ2v) is 8.02. The lowest BCUT2D eigenvalue weighted by Gasteiger charge is -2.17. The highest BCUT2D eigenvalue weighted by molar-refractivity contribution is 6.08. The van der Waals surface area contributed by atoms with Crippen LogP contribution in [0.25, 0.3) is 21.9 Å². The zero-order valence-corrected chi connectivity index (χ0v) is 20.4. The quantitative estimate of drug-likeness (QED) is 0.290. The van der Waals surface area contributed by atoms with Crippen LogP contribution in [-0.4, -0.2) is 33.8 Å². The van der Waals surface area contributed by atoms with E-state index < -0.39 is 12.1 Å². The summed E-state index contributed by atoms with van der Waals surface area (Å²) in [6.45, 7) is 2.56. The van der Waals surface area contributed by atoms with Crippen LogP contribution in [0.1, 0.15) is 34.5 Å². The molecule has 0 amide bonds. The van der Waals surface area contributed by atoms with Crippen LogP contribution in [-0.2, 0) is 6.42 Å². The Hall–Kier alpha value is -2.96. The molecule has 0 spiro atoms. The summed E-state index contributed by atoms with van der Waals surface area (Å²) in [5.74, 6) is -0.918. The number of carboxylic acid groups (broad SMARTS) is 1. The molecule has 0 radical (unpaired) electrons. The van der Waals surface area contributed by atoms with Gasteiger partial charge in [0.2, 0.25) is 0 Å². The number of rotatable bonds is 8. The fourth-order valence-corrected chi connectivity index (χ4v) is 4.00. The number of aromatic carboxylic acids is 1. The first-order chi connectivity index (χ1) is 15.5. The van der Waals surface area contributed by atoms with Crippen molar-refractivity contribution in [2.45, 2.75) is 25.5 Å². The molecule has 7 heteroatoms. The maximum atomic E-state index is 11.6. The minimum Gasteiger partial charge on any atom is -0.478 e. The minimum absolute atomic E-state index is 0. The van der Waals surface area contributed by atoms with Crippen LogP contribution in [0.15, 0.2) is 85.2 Å². The normalized spacial score (nSPS) is 12.3. The van der Waals surface area contributed by atoms with Gasteiger partial charge in [-0.1, -0.05) is 60.7 Å². The highest BCUT2D eigenvalue weighted by Gasteiger charge is 2.12. The second-order valence-electron chi connectivity index (χ2n) is 8.02. The highest BCUT2D eigenvalue weighted by atomic mass is 35.5. The molecule has 5 nitrogen and oxygen atoms in total. The molecule has 3 aromatic carbocycles. The van der Waals surface area contributed by atoms with E-state index in [9.17, 15) is 15.0 Å². The average Bonchev–Trinajstić information content (AvgIpc) is 2.82. The third kappa shape index (κ3) is 6.33. The van der Waals surface area contributed by atoms with E-state index in [4.69, 9.17) is 0 Å². The summed E-state index contributed by atoms with van der Waals surface area (Å²) in [6, 6.07) is 23.4. The number of fused-ring (bicyclic) bond motifs is 1. The van der Waals surface area contributed by atoms with Gasteiger partial charge in [-0.15, -0.1) is 24.8 Å². The molecule has 1 heterocycles. The lowest BCUT2D eigenvalue weighted by Crippen LogP contribution is -2.32. The fourth-order valence-electron chi connectivity index (χ4n) is 4.00. The molecule has 0 bridgehead atoms. The van der Waals surface area contributed by atoms with Crippen LogP contribution in [0.2, 0.25) is 0 Å². The molecule has 0 aliphatic heterocycles. The molecule has 0 fully saturated rings. The molecule has 0 saturated heterocycles. The van der Waals surface area contributed by atoms with Crippen molar-refractivity contribution in [2.24, 2.45) is 0 Å². The van der Waals surface area contributed by atoms with Crippen LogP contribution in [0.4, 0.5) is 0 Å². The Labute approximate surface area is 211 Å². The van der Waals surface area contributed by atoms with Crippen LogP contribution in [0.5, 0.6) is 0 Å². The van der Waals surface area contributed by atoms with Gasteiger partial charge >= 0.3 is 5.97 Å². The number of carboxylic acids is 1. The SMILES string of the molecule is C[C@H](Cc1ccc(-c2cccc3c(C(=O)O)cccc23)cc1)NC[C@H](O)c1cccnc1.Cl.Cl. The maximum Gasteiger partial charge on any atom is 0.336 e. The van der Waals surface area contributed by atoms with Crippen molar-refractivity contribution in [1.29, 1.82) is 0 Å². The maximum absolute atomic E-state index is 11.6. The number of benzene rings is 3. The zero-order valence-electron chi connectivity index (χ0n) is 18.7. The Bertz CT molecular complexity index is 1220. The Morgan fingerprint density at radius 2 is 1.65 bits per heavy atom. The highest BCUT2D eigenvalue weighted by Crippen LogP contribution is 2.30. The standard InChI is InChI=1S/C27H26N2O3.2ClH/c1-18(29-17-26(30)21-5-4-14-28-16-21)15-19-10-12-20(13-11-19)22-6-2-8-24-23(22)7-3-9-25(24)27(31)32;;/h2-14,16,18,26,29-30H,15,17H2,1H3,(H,31,32);2*1H/t18-,26+;;/m1../s1. The van der Waals surface area contributed by atoms with Crippen molar-refractivity contribution in [3.63, 3.8) is 0 Å². The second kappa shape index (κ2) is 12.5. The van der Waals surface area contributed by atoms with Gasteiger partial charge in [0.05, 0.1) is 11.7 Å². The van der Waals surface area contributed by atoms with E-state index in [-0.39, 0.29) is 30.9 Å². The Balaban J connectivity index is 0.00000204. The number of aliphatic hydroxyl groups excluding tert-OH is 1. The molecule has 4 rings (SSSR count). The van der Waals surface area contributed by atoms with Gasteiger partial charge in [0.15, 0.2) is 0 Å². The fraction of sp³-hybridized carbons (Fsp3) is 0.185. The number of pyridine rings is 1. The first kappa shape index (κ1) is 27.3. The van der Waals surface area contributed by atoms with E-state index in [0.717, 1.165) is 33.9 Å². The predicted octanol–water partition coefficient (Wildman–Crippen LogP) is 5.70. The topological polar surface area (TPSA) is 82.5 Å². The van der Waals surface area contributed by atoms with E-state index in [1.807, 2.05) is 36.4 Å². The molecule has 0 aliphatic carbocycles. The third-order valence-electron chi connectivity index (χ3n) is 5.69. The summed E-state index contributed by atoms with van der Waals surface area (Å²) in [5.41, 5.74) is 4.38. The van der Waals surface area contributed by atoms with Gasteiger partial charge < -0.3 is 15.5 Å². The predicted molar refractivity (Wildman–Crippen MR) is 141 cm³/mol. The lowest BCUT2D eigenvalue weighted by atomic mass is 9.94. The lowest BCUT2D eigenvalue weighted by molar-refractivity contribution is 0.0699. The van der Waals surface area contributed by atoms with Crippen molar-refractivity contribution < 1.29 is 15.0 Å². The van der Waals surface area contributed by atoms with E-state index in [1.165, 1.54) is 5.56 Å². The molecule has 178 valence electrons. The number of nitrogens with one attached hydrogen (secondary N) is 1. The smallest absolute Gasteiger partial charge is 0.336 e. The average molecular weight is 499 g/mol. The Kier molecular flexibility index (Phi) is 10.0. The van der Waals surface area contributed by atoms with Crippen molar-refractivity contribution in [3.05, 3.63) is 102 Å². The first-order valence-electron chi connectivity index (χ1n) is 10.7. The molecular formula is C27H28Cl2N2O3. The van der Waals surface area contributed by atoms with Crippen LogP contribution >= 0.6 is 24.8 Å². The first-order valence-corrected chi connectivity index (χ1v) is 10.7. The Morgan fingerprint density at radius 1 is 0.941 bits per heavy atom. The van der Waals surface area contributed by atoms with Crippen molar-refractivity contribution in [1.82, 2.24) is 10.3 Å². The summed E-state index contributed by atoms with van der Waals surface area (Å²) in [7, 11) is 0. The van der Waals surface area contributed by atoms with Gasteiger partial charge in [-0.05, 0) is 52.9 Å². The summed E-state index contributed by atoms with van der Waals surface area (Å²) in [6.07, 6.45) is 3.62. The van der Waals surface area contributed by atoms with E-state index in [2.05, 4.69) is 41.5 Å². The molecular weight excluding hydrogens is 471 g/mol. The van der Waals surface area contributed by atoms with Gasteiger partial charge in [0, 0.05) is 30.5 Å². The van der Waals surface area contributed by atoms with Crippen molar-refractivity contribution in [2.75, 3.05) is 6.54 Å². The van der Waals surface area contributed by atoms with E-state index >= 15 is 0 Å². The number of halogens is 2. The van der Waals surface area contributed by atoms with E-state index in [0.29, 0.717) is 12.1 Å². The monoisotopic (exact) mass is 498 g/mol. The van der Waals surface area contributed by atoms with Crippen LogP contribution < -0.4 is 5.32 Å². The molecule has 1 aromatic heterocycles. The number of nitrogens with zero attached hydrogens (tertiary/aromatic N) is 1. The molecule has 0 aliphatic rings. The zero-order chi connectivity index (χ0) is 22.5. The minimum atomic E-state index is -0.918. The molecule has 0 unspecified atom stereocenters. The number of aliphatic hydroxyl groups is 1. The summed E-state index contributed by atoms with van der Waals surface area (Å²) < 4.78 is 0. The van der Waals surface area contributed by atoms with Gasteiger partial charge in [-0.25, -0.2) is 4.79 Å². The van der Waals surface area contributed by atoms with Crippen molar-refractivity contribution >= 4 is 41.6 Å². The van der Waals surface area contributed by atoms with Gasteiger partial charge in [-0.2, -0.15) is 0 Å². The summed E-state index contributed by atoms with van der Waals surface area (Å²) >= 11 is 0. The van der Waals surface area contributed by atoms with Gasteiger partial charge in [0.1, 0.15) is 0 Å². The number of aromatic nitrogens is 1. The summed E-state index contributed by atoms with van der Waals surface area (Å²) in [4.78, 5) is 15.6. The largest absolute Gasteiger partial charge is 0.478 e. The van der Waals surface area contributed by atoms with Gasteiger partial charge in [0.25, 0.3) is 0 Å². The van der Waals surface area contributed by atoms with Crippen LogP contribution in [0, 0.1) is 0 Å². The Morgan fingerprint density at radius 3 is 2.32 bits per heavy atom. The molecule has 4 aromatic rings. The number of carbonyl (C=O) groups is 1. The molecule has 3 N–H and O–H groups in total. The van der Waals surface area contributed by atoms with E-state index in [1.54, 1.807) is 24.5 Å². The molecule has 2 atom stereocenters. The van der Waals surface area contributed by atoms with Gasteiger partial charge in [-0.3, -0.25) is 4.98 Å².